The first kappa shape index (κ1) is 21.1. The van der Waals surface area contributed by atoms with Crippen LogP contribution in [0.5, 0.6) is 0 Å². The predicted octanol–water partition coefficient (Wildman–Crippen LogP) is 4.59. The molecule has 0 aliphatic carbocycles. The molecule has 0 N–H and O–H groups in total. The second-order valence-electron chi connectivity index (χ2n) is 7.76. The van der Waals surface area contributed by atoms with E-state index in [4.69, 9.17) is 4.42 Å². The van der Waals surface area contributed by atoms with E-state index in [1.807, 2.05) is 24.3 Å². The number of oxazole rings is 1. The summed E-state index contributed by atoms with van der Waals surface area (Å²) in [6.07, 6.45) is -3.91. The Morgan fingerprint density at radius 3 is 2.39 bits per heavy atom. The van der Waals surface area contributed by atoms with Gasteiger partial charge in [0.25, 0.3) is 5.91 Å². The van der Waals surface area contributed by atoms with Gasteiger partial charge in [0.2, 0.25) is 0 Å². The molecular weight excluding hydrogens is 442 g/mol. The van der Waals surface area contributed by atoms with Crippen molar-refractivity contribution in [1.29, 1.82) is 0 Å². The van der Waals surface area contributed by atoms with Crippen molar-refractivity contribution in [2.45, 2.75) is 24.9 Å². The molecule has 1 fully saturated rings. The molecule has 1 saturated heterocycles. The molecule has 0 saturated carbocycles. The number of amides is 1. The number of nitrogens with zero attached hydrogens (tertiary/aromatic N) is 5. The average molecular weight is 459 g/mol. The third-order valence-corrected chi connectivity index (χ3v) is 5.65. The Morgan fingerprint density at radius 1 is 1.03 bits per heavy atom. The van der Waals surface area contributed by atoms with Crippen LogP contribution in [-0.4, -0.2) is 43.9 Å². The number of benzene rings is 2. The van der Waals surface area contributed by atoms with E-state index in [1.54, 1.807) is 0 Å². The molecule has 4 aromatic rings. The molecule has 11 heteroatoms. The predicted molar refractivity (Wildman–Crippen MR) is 108 cm³/mol. The van der Waals surface area contributed by atoms with Crippen LogP contribution in [0.4, 0.5) is 17.6 Å². The van der Waals surface area contributed by atoms with Gasteiger partial charge in [-0.3, -0.25) is 4.79 Å². The van der Waals surface area contributed by atoms with Crippen LogP contribution in [0.3, 0.4) is 0 Å². The lowest BCUT2D eigenvalue weighted by Gasteiger charge is -2.30. The minimum Gasteiger partial charge on any atom is -0.440 e. The number of fused-ring (bicyclic) bond motifs is 1. The highest BCUT2D eigenvalue weighted by Crippen LogP contribution is 2.35. The molecule has 0 atom stereocenters. The largest absolute Gasteiger partial charge is 0.440 e. The Hall–Kier alpha value is -3.76. The van der Waals surface area contributed by atoms with Gasteiger partial charge in [-0.25, -0.2) is 14.1 Å². The standard InChI is InChI=1S/C22H17F4N5O2/c23-14-5-7-15(8-6-14)31-19(22(24,25)26)18(28-29-31)21(32)30-11-9-13(10-12-30)20-27-16-3-1-2-4-17(16)33-20/h1-8,13H,9-12H2. The number of carbonyl (C=O) groups is 1. The minimum atomic E-state index is -4.89. The SMILES string of the molecule is O=C(c1nnn(-c2ccc(F)cc2)c1C(F)(F)F)N1CCC(c2nc3ccccc3o2)CC1. The van der Waals surface area contributed by atoms with E-state index in [9.17, 15) is 22.4 Å². The van der Waals surface area contributed by atoms with Crippen molar-refractivity contribution < 1.29 is 26.8 Å². The number of rotatable bonds is 3. The molecule has 5 rings (SSSR count). The summed E-state index contributed by atoms with van der Waals surface area (Å²) < 4.78 is 61.1. The molecule has 0 bridgehead atoms. The van der Waals surface area contributed by atoms with Crippen LogP contribution in [0.15, 0.2) is 52.9 Å². The van der Waals surface area contributed by atoms with Crippen LogP contribution in [0.2, 0.25) is 0 Å². The molecule has 7 nitrogen and oxygen atoms in total. The summed E-state index contributed by atoms with van der Waals surface area (Å²) in [5.74, 6) is -0.947. The minimum absolute atomic E-state index is 0.0431. The van der Waals surface area contributed by atoms with Gasteiger partial charge >= 0.3 is 6.18 Å². The number of likely N-dealkylation sites (tertiary alicyclic amines) is 1. The second kappa shape index (κ2) is 7.98. The maximum absolute atomic E-state index is 13.9. The van der Waals surface area contributed by atoms with Crippen LogP contribution in [0.25, 0.3) is 16.8 Å². The number of aromatic nitrogens is 4. The molecule has 1 amide bonds. The lowest BCUT2D eigenvalue weighted by molar-refractivity contribution is -0.143. The zero-order valence-corrected chi connectivity index (χ0v) is 17.1. The van der Waals surface area contributed by atoms with Crippen molar-refractivity contribution in [1.82, 2.24) is 24.9 Å². The number of para-hydroxylation sites is 2. The quantitative estimate of drug-likeness (QED) is 0.419. The average Bonchev–Trinajstić information content (AvgIpc) is 3.44. The number of hydrogen-bond donors (Lipinski definition) is 0. The fraction of sp³-hybridized carbons (Fsp3) is 0.273. The lowest BCUT2D eigenvalue weighted by atomic mass is 9.96. The maximum atomic E-state index is 13.9. The van der Waals surface area contributed by atoms with E-state index in [0.29, 0.717) is 29.0 Å². The Bertz CT molecular complexity index is 1270. The number of alkyl halides is 3. The molecule has 2 aromatic carbocycles. The van der Waals surface area contributed by atoms with E-state index < -0.39 is 29.3 Å². The Morgan fingerprint density at radius 2 is 1.73 bits per heavy atom. The summed E-state index contributed by atoms with van der Waals surface area (Å²) in [6, 6.07) is 11.6. The van der Waals surface area contributed by atoms with Crippen molar-refractivity contribution in [3.8, 4) is 5.69 Å². The van der Waals surface area contributed by atoms with E-state index in [-0.39, 0.29) is 24.7 Å². The fourth-order valence-corrected chi connectivity index (χ4v) is 3.99. The normalized spacial score (nSPS) is 15.3. The fourth-order valence-electron chi connectivity index (χ4n) is 3.99. The summed E-state index contributed by atoms with van der Waals surface area (Å²) in [6.45, 7) is 0.450. The second-order valence-corrected chi connectivity index (χ2v) is 7.76. The number of piperidine rings is 1. The molecule has 170 valence electrons. The molecule has 3 heterocycles. The van der Waals surface area contributed by atoms with Gasteiger partial charge in [0.1, 0.15) is 11.3 Å². The van der Waals surface area contributed by atoms with Gasteiger partial charge in [0.15, 0.2) is 22.9 Å². The van der Waals surface area contributed by atoms with Gasteiger partial charge in [-0.2, -0.15) is 13.2 Å². The van der Waals surface area contributed by atoms with Gasteiger partial charge in [0.05, 0.1) is 5.69 Å². The van der Waals surface area contributed by atoms with Crippen molar-refractivity contribution in [2.24, 2.45) is 0 Å². The zero-order chi connectivity index (χ0) is 23.2. The van der Waals surface area contributed by atoms with Gasteiger partial charge in [-0.05, 0) is 49.2 Å². The van der Waals surface area contributed by atoms with Crippen molar-refractivity contribution in [3.63, 3.8) is 0 Å². The summed E-state index contributed by atoms with van der Waals surface area (Å²) in [7, 11) is 0. The first-order valence-corrected chi connectivity index (χ1v) is 10.2. The molecular formula is C22H17F4N5O2. The number of halogens is 4. The van der Waals surface area contributed by atoms with Crippen LogP contribution in [0.1, 0.15) is 40.8 Å². The van der Waals surface area contributed by atoms with E-state index >= 15 is 0 Å². The molecule has 2 aromatic heterocycles. The molecule has 0 spiro atoms. The molecule has 0 unspecified atom stereocenters. The molecule has 33 heavy (non-hydrogen) atoms. The summed E-state index contributed by atoms with van der Waals surface area (Å²) in [5, 5.41) is 7.08. The summed E-state index contributed by atoms with van der Waals surface area (Å²) in [4.78, 5) is 18.8. The van der Waals surface area contributed by atoms with E-state index in [2.05, 4.69) is 15.3 Å². The topological polar surface area (TPSA) is 77.1 Å². The van der Waals surface area contributed by atoms with Crippen LogP contribution >= 0.6 is 0 Å². The number of carbonyl (C=O) groups excluding carboxylic acids is 1. The van der Waals surface area contributed by atoms with Crippen molar-refractivity contribution in [2.75, 3.05) is 13.1 Å². The first-order valence-electron chi connectivity index (χ1n) is 10.2. The maximum Gasteiger partial charge on any atom is 0.435 e. The molecule has 1 aliphatic heterocycles. The highest BCUT2D eigenvalue weighted by atomic mass is 19.4. The lowest BCUT2D eigenvalue weighted by Crippen LogP contribution is -2.39. The molecule has 0 radical (unpaired) electrons. The van der Waals surface area contributed by atoms with Gasteiger partial charge < -0.3 is 9.32 Å². The number of hydrogen-bond acceptors (Lipinski definition) is 5. The highest BCUT2D eigenvalue weighted by molar-refractivity contribution is 5.93. The van der Waals surface area contributed by atoms with Gasteiger partial charge in [0, 0.05) is 19.0 Å². The Kier molecular flexibility index (Phi) is 5.10. The van der Waals surface area contributed by atoms with Gasteiger partial charge in [-0.15, -0.1) is 5.10 Å². The van der Waals surface area contributed by atoms with Crippen molar-refractivity contribution in [3.05, 3.63) is 71.6 Å². The summed E-state index contributed by atoms with van der Waals surface area (Å²) in [5.41, 5.74) is -0.728. The van der Waals surface area contributed by atoms with Crippen LogP contribution in [0, 0.1) is 5.82 Å². The van der Waals surface area contributed by atoms with E-state index in [0.717, 1.165) is 29.8 Å². The first-order chi connectivity index (χ1) is 15.8. The third-order valence-electron chi connectivity index (χ3n) is 5.65. The zero-order valence-electron chi connectivity index (χ0n) is 17.1. The van der Waals surface area contributed by atoms with Crippen LogP contribution in [-0.2, 0) is 6.18 Å². The Labute approximate surface area is 184 Å². The van der Waals surface area contributed by atoms with Crippen LogP contribution < -0.4 is 0 Å². The van der Waals surface area contributed by atoms with Crippen molar-refractivity contribution >= 4 is 17.0 Å². The highest BCUT2D eigenvalue weighted by Gasteiger charge is 2.43. The Balaban J connectivity index is 1.37. The molecule has 1 aliphatic rings. The monoisotopic (exact) mass is 459 g/mol. The third kappa shape index (κ3) is 3.94. The van der Waals surface area contributed by atoms with Gasteiger partial charge in [-0.1, -0.05) is 17.3 Å². The smallest absolute Gasteiger partial charge is 0.435 e. The summed E-state index contributed by atoms with van der Waals surface area (Å²) >= 11 is 0. The van der Waals surface area contributed by atoms with E-state index in [1.165, 1.54) is 4.90 Å².